The van der Waals surface area contributed by atoms with Gasteiger partial charge in [-0.05, 0) is 43.4 Å². The first kappa shape index (κ1) is 14.8. The first-order chi connectivity index (χ1) is 9.15. The molecule has 2 atom stereocenters. The summed E-state index contributed by atoms with van der Waals surface area (Å²) in [6.07, 6.45) is 4.10. The zero-order valence-corrected chi connectivity index (χ0v) is 11.7. The van der Waals surface area contributed by atoms with E-state index in [1.54, 1.807) is 12.1 Å². The fraction of sp³-hybridized carbons (Fsp3) is 0.600. The number of hydrogen-bond acceptors (Lipinski definition) is 2. The third-order valence-electron chi connectivity index (χ3n) is 3.72. The van der Waals surface area contributed by atoms with Crippen molar-refractivity contribution in [3.8, 4) is 0 Å². The topological polar surface area (TPSA) is 29.5 Å². The number of alkyl halides is 1. The Hall–Kier alpha value is -0.640. The van der Waals surface area contributed by atoms with E-state index in [1.807, 2.05) is 0 Å². The molecule has 2 nitrogen and oxygen atoms in total. The first-order valence-electron chi connectivity index (χ1n) is 6.83. The summed E-state index contributed by atoms with van der Waals surface area (Å²) in [5, 5.41) is 10.7. The Kier molecular flexibility index (Phi) is 5.20. The van der Waals surface area contributed by atoms with E-state index in [9.17, 15) is 9.50 Å². The number of ether oxygens (including phenoxy) is 1. The molecule has 19 heavy (non-hydrogen) atoms. The lowest BCUT2D eigenvalue weighted by atomic mass is 9.83. The smallest absolute Gasteiger partial charge is 0.172 e. The van der Waals surface area contributed by atoms with E-state index in [2.05, 4.69) is 0 Å². The molecule has 1 aliphatic heterocycles. The van der Waals surface area contributed by atoms with Crippen molar-refractivity contribution in [2.24, 2.45) is 0 Å². The third-order valence-corrected chi connectivity index (χ3v) is 3.99. The fourth-order valence-corrected chi connectivity index (χ4v) is 2.86. The summed E-state index contributed by atoms with van der Waals surface area (Å²) in [5.74, 6) is -1.00. The maximum Gasteiger partial charge on any atom is 0.172 e. The van der Waals surface area contributed by atoms with Gasteiger partial charge >= 0.3 is 0 Å². The minimum Gasteiger partial charge on any atom is -0.365 e. The molecule has 0 aromatic heterocycles. The van der Waals surface area contributed by atoms with Crippen LogP contribution in [-0.4, -0.2) is 23.4 Å². The maximum atomic E-state index is 13.0. The second kappa shape index (κ2) is 6.69. The van der Waals surface area contributed by atoms with Gasteiger partial charge in [0.15, 0.2) is 5.79 Å². The highest BCUT2D eigenvalue weighted by Gasteiger charge is 2.39. The molecule has 1 heterocycles. The molecule has 0 saturated carbocycles. The molecule has 1 N–H and O–H groups in total. The van der Waals surface area contributed by atoms with Gasteiger partial charge < -0.3 is 9.84 Å². The number of benzene rings is 1. The standard InChI is InChI=1S/C15H20ClFO2/c16-10-3-4-14(12-5-7-13(17)8-6-12)15(18)9-1-2-11-19-15/h5-8,14,18H,1-4,9-11H2. The molecule has 1 fully saturated rings. The second-order valence-corrected chi connectivity index (χ2v) is 5.46. The van der Waals surface area contributed by atoms with Gasteiger partial charge in [-0.25, -0.2) is 4.39 Å². The van der Waals surface area contributed by atoms with Crippen LogP contribution in [0, 0.1) is 5.82 Å². The van der Waals surface area contributed by atoms with Gasteiger partial charge in [0.05, 0.1) is 6.61 Å². The van der Waals surface area contributed by atoms with Crippen LogP contribution in [-0.2, 0) is 4.74 Å². The first-order valence-corrected chi connectivity index (χ1v) is 7.37. The number of aliphatic hydroxyl groups is 1. The molecule has 1 aliphatic rings. The van der Waals surface area contributed by atoms with Gasteiger partial charge in [0.2, 0.25) is 0 Å². The highest BCUT2D eigenvalue weighted by Crippen LogP contribution is 2.39. The lowest BCUT2D eigenvalue weighted by molar-refractivity contribution is -0.240. The van der Waals surface area contributed by atoms with Crippen molar-refractivity contribution in [1.29, 1.82) is 0 Å². The summed E-state index contributed by atoms with van der Waals surface area (Å²) in [4.78, 5) is 0. The van der Waals surface area contributed by atoms with Gasteiger partial charge in [-0.3, -0.25) is 0 Å². The van der Waals surface area contributed by atoms with E-state index in [0.29, 0.717) is 18.9 Å². The van der Waals surface area contributed by atoms with E-state index >= 15 is 0 Å². The van der Waals surface area contributed by atoms with E-state index in [0.717, 1.165) is 31.2 Å². The second-order valence-electron chi connectivity index (χ2n) is 5.09. The molecule has 0 spiro atoms. The van der Waals surface area contributed by atoms with Crippen molar-refractivity contribution >= 4 is 11.6 Å². The Bertz CT molecular complexity index is 388. The molecule has 106 valence electrons. The van der Waals surface area contributed by atoms with Gasteiger partial charge in [-0.2, -0.15) is 0 Å². The van der Waals surface area contributed by atoms with Crippen LogP contribution in [0.4, 0.5) is 4.39 Å². The quantitative estimate of drug-likeness (QED) is 0.834. The Morgan fingerprint density at radius 2 is 2.05 bits per heavy atom. The van der Waals surface area contributed by atoms with Gasteiger partial charge in [-0.15, -0.1) is 11.6 Å². The van der Waals surface area contributed by atoms with Crippen LogP contribution in [0.2, 0.25) is 0 Å². The molecule has 0 radical (unpaired) electrons. The highest BCUT2D eigenvalue weighted by atomic mass is 35.5. The molecule has 4 heteroatoms. The summed E-state index contributed by atoms with van der Waals surface area (Å²) in [6.45, 7) is 0.578. The van der Waals surface area contributed by atoms with Gasteiger partial charge in [0.25, 0.3) is 0 Å². The fourth-order valence-electron chi connectivity index (χ4n) is 2.71. The summed E-state index contributed by atoms with van der Waals surface area (Å²) in [6, 6.07) is 6.30. The van der Waals surface area contributed by atoms with E-state index in [-0.39, 0.29) is 11.7 Å². The number of rotatable bonds is 5. The predicted octanol–water partition coefficient (Wildman–Crippen LogP) is 3.82. The maximum absolute atomic E-state index is 13.0. The van der Waals surface area contributed by atoms with Crippen LogP contribution in [0.25, 0.3) is 0 Å². The van der Waals surface area contributed by atoms with E-state index in [4.69, 9.17) is 16.3 Å². The summed E-state index contributed by atoms with van der Waals surface area (Å²) in [5.41, 5.74) is 0.913. The average Bonchev–Trinajstić information content (AvgIpc) is 2.42. The van der Waals surface area contributed by atoms with Crippen LogP contribution in [0.3, 0.4) is 0 Å². The van der Waals surface area contributed by atoms with Crippen molar-refractivity contribution in [2.45, 2.75) is 43.8 Å². The molecule has 2 unspecified atom stereocenters. The molecular weight excluding hydrogens is 267 g/mol. The van der Waals surface area contributed by atoms with Crippen LogP contribution < -0.4 is 0 Å². The molecule has 1 saturated heterocycles. The average molecular weight is 287 g/mol. The summed E-state index contributed by atoms with van der Waals surface area (Å²) < 4.78 is 18.7. The van der Waals surface area contributed by atoms with Crippen LogP contribution in [0.5, 0.6) is 0 Å². The minimum atomic E-state index is -1.14. The normalized spacial score (nSPS) is 25.2. The minimum absolute atomic E-state index is 0.146. The van der Waals surface area contributed by atoms with Crippen LogP contribution in [0.1, 0.15) is 43.6 Å². The largest absolute Gasteiger partial charge is 0.365 e. The van der Waals surface area contributed by atoms with Crippen molar-refractivity contribution < 1.29 is 14.2 Å². The molecule has 0 amide bonds. The Morgan fingerprint density at radius 3 is 2.63 bits per heavy atom. The monoisotopic (exact) mass is 286 g/mol. The van der Waals surface area contributed by atoms with Crippen LogP contribution in [0.15, 0.2) is 24.3 Å². The molecule has 0 aliphatic carbocycles. The molecular formula is C15H20ClFO2. The Balaban J connectivity index is 2.21. The lowest BCUT2D eigenvalue weighted by Crippen LogP contribution is -2.42. The van der Waals surface area contributed by atoms with Crippen molar-refractivity contribution in [3.63, 3.8) is 0 Å². The third kappa shape index (κ3) is 3.68. The summed E-state index contributed by atoms with van der Waals surface area (Å²) >= 11 is 5.76. The van der Waals surface area contributed by atoms with E-state index < -0.39 is 5.79 Å². The SMILES string of the molecule is OC1(C(CCCCl)c2ccc(F)cc2)CCCCO1. The van der Waals surface area contributed by atoms with Crippen LogP contribution >= 0.6 is 11.6 Å². The lowest BCUT2D eigenvalue weighted by Gasteiger charge is -2.39. The van der Waals surface area contributed by atoms with E-state index in [1.165, 1.54) is 12.1 Å². The number of hydrogen-bond donors (Lipinski definition) is 1. The van der Waals surface area contributed by atoms with Crippen molar-refractivity contribution in [1.82, 2.24) is 0 Å². The van der Waals surface area contributed by atoms with Gasteiger partial charge in [0.1, 0.15) is 5.82 Å². The highest BCUT2D eigenvalue weighted by molar-refractivity contribution is 6.17. The summed E-state index contributed by atoms with van der Waals surface area (Å²) in [7, 11) is 0. The Labute approximate surface area is 118 Å². The molecule has 1 aromatic carbocycles. The van der Waals surface area contributed by atoms with Gasteiger partial charge in [0, 0.05) is 18.2 Å². The molecule has 1 aromatic rings. The molecule has 0 bridgehead atoms. The van der Waals surface area contributed by atoms with Gasteiger partial charge in [-0.1, -0.05) is 12.1 Å². The number of halogens is 2. The zero-order valence-electron chi connectivity index (χ0n) is 10.9. The molecule has 2 rings (SSSR count). The van der Waals surface area contributed by atoms with Crippen molar-refractivity contribution in [3.05, 3.63) is 35.6 Å². The Morgan fingerprint density at radius 1 is 1.32 bits per heavy atom. The predicted molar refractivity (Wildman–Crippen MR) is 73.8 cm³/mol. The van der Waals surface area contributed by atoms with Crippen molar-refractivity contribution in [2.75, 3.05) is 12.5 Å². The zero-order chi connectivity index (χ0) is 13.7.